The summed E-state index contributed by atoms with van der Waals surface area (Å²) in [5, 5.41) is 31.5. The third-order valence-corrected chi connectivity index (χ3v) is 14.1. The van der Waals surface area contributed by atoms with Crippen molar-refractivity contribution in [1.29, 1.82) is 0 Å². The maximum absolute atomic E-state index is 13.1. The Morgan fingerprint density at radius 2 is 0.818 bits per heavy atom. The Kier molecular flexibility index (Phi) is 49.2. The molecule has 77 heavy (non-hydrogen) atoms. The summed E-state index contributed by atoms with van der Waals surface area (Å²) in [7, 11) is 0. The lowest BCUT2D eigenvalue weighted by molar-refractivity contribution is -0.301. The van der Waals surface area contributed by atoms with Gasteiger partial charge in [0.2, 0.25) is 0 Å². The summed E-state index contributed by atoms with van der Waals surface area (Å²) in [5.74, 6) is -3.13. The van der Waals surface area contributed by atoms with E-state index in [1.165, 1.54) is 103 Å². The summed E-state index contributed by atoms with van der Waals surface area (Å²) in [6.45, 7) is 5.87. The zero-order valence-electron chi connectivity index (χ0n) is 49.0. The van der Waals surface area contributed by atoms with Gasteiger partial charge in [-0.05, 0) is 83.5 Å². The highest BCUT2D eigenvalue weighted by Gasteiger charge is 2.50. The Labute approximate surface area is 468 Å². The molecular weight excluding hydrogens is 973 g/mol. The first kappa shape index (κ1) is 71.4. The molecule has 12 heteroatoms. The van der Waals surface area contributed by atoms with Crippen molar-refractivity contribution < 1.29 is 58.2 Å². The van der Waals surface area contributed by atoms with E-state index in [0.29, 0.717) is 19.3 Å². The highest BCUT2D eigenvalue weighted by molar-refractivity contribution is 5.74. The van der Waals surface area contributed by atoms with Gasteiger partial charge in [-0.25, -0.2) is 4.79 Å². The van der Waals surface area contributed by atoms with Crippen molar-refractivity contribution in [2.75, 3.05) is 13.2 Å². The van der Waals surface area contributed by atoms with Gasteiger partial charge < -0.3 is 39.0 Å². The Morgan fingerprint density at radius 1 is 0.442 bits per heavy atom. The quantitative estimate of drug-likeness (QED) is 0.0228. The van der Waals surface area contributed by atoms with E-state index in [1.54, 1.807) is 0 Å². The second-order valence-corrected chi connectivity index (χ2v) is 21.3. The monoisotopic (exact) mass is 1080 g/mol. The van der Waals surface area contributed by atoms with Gasteiger partial charge in [-0.15, -0.1) is 0 Å². The summed E-state index contributed by atoms with van der Waals surface area (Å²) >= 11 is 0. The van der Waals surface area contributed by atoms with Gasteiger partial charge in [0.1, 0.15) is 18.8 Å². The number of carbonyl (C=O) groups is 4. The molecule has 1 heterocycles. The van der Waals surface area contributed by atoms with Crippen molar-refractivity contribution in [3.05, 3.63) is 60.8 Å². The van der Waals surface area contributed by atoms with E-state index < -0.39 is 67.3 Å². The van der Waals surface area contributed by atoms with Crippen LogP contribution in [-0.2, 0) is 42.9 Å². The molecule has 1 aliphatic rings. The number of rotatable bonds is 53. The lowest BCUT2D eigenvalue weighted by Gasteiger charge is -2.40. The van der Waals surface area contributed by atoms with Gasteiger partial charge in [0.05, 0.1) is 6.61 Å². The summed E-state index contributed by atoms with van der Waals surface area (Å²) in [5.41, 5.74) is 0. The van der Waals surface area contributed by atoms with Crippen molar-refractivity contribution >= 4 is 23.9 Å². The average molecular weight is 1090 g/mol. The Bertz CT molecular complexity index is 1570. The van der Waals surface area contributed by atoms with Crippen LogP contribution in [-0.4, -0.2) is 89.2 Å². The van der Waals surface area contributed by atoms with E-state index in [-0.39, 0.29) is 25.9 Å². The molecule has 6 atom stereocenters. The molecule has 0 radical (unpaired) electrons. The summed E-state index contributed by atoms with van der Waals surface area (Å²) < 4.78 is 28.5. The standard InChI is InChI=1S/C65H112O12/c1-4-7-10-13-16-19-22-24-26-28-29-31-32-34-37-39-42-45-48-51-57(66)73-54-56(75-58(67)52-49-46-43-40-36-21-18-15-12-9-6-3)55-74-65-63(61(70)60(69)62(77-65)64(71)72)76-59(68)53-50-47-44-41-38-35-33-30-27-25-23-20-17-14-11-8-5-2/h7,10,16,19,24-27,29,31,56,60-63,65,69-70H,4-6,8-9,11-15,17-18,20-23,28,30,32-55H2,1-3H3,(H,71,72)/b10-7-,19-16-,26-24-,27-25-,31-29-. The second kappa shape index (κ2) is 53.1. The molecule has 1 saturated heterocycles. The minimum Gasteiger partial charge on any atom is -0.479 e. The third kappa shape index (κ3) is 43.0. The fraction of sp³-hybridized carbons (Fsp3) is 0.785. The van der Waals surface area contributed by atoms with Crippen molar-refractivity contribution in [1.82, 2.24) is 0 Å². The summed E-state index contributed by atoms with van der Waals surface area (Å²) in [6.07, 6.45) is 53.3. The van der Waals surface area contributed by atoms with Crippen LogP contribution in [0.3, 0.4) is 0 Å². The van der Waals surface area contributed by atoms with Crippen molar-refractivity contribution in [2.24, 2.45) is 0 Å². The van der Waals surface area contributed by atoms with Crippen LogP contribution in [0, 0.1) is 0 Å². The zero-order valence-corrected chi connectivity index (χ0v) is 49.0. The molecule has 0 saturated carbocycles. The summed E-state index contributed by atoms with van der Waals surface area (Å²) in [6, 6.07) is 0. The molecule has 444 valence electrons. The van der Waals surface area contributed by atoms with Gasteiger partial charge in [-0.2, -0.15) is 0 Å². The predicted octanol–water partition coefficient (Wildman–Crippen LogP) is 16.3. The minimum atomic E-state index is -1.91. The third-order valence-electron chi connectivity index (χ3n) is 14.1. The van der Waals surface area contributed by atoms with Gasteiger partial charge in [-0.1, -0.05) is 236 Å². The molecule has 1 fully saturated rings. The molecular formula is C65H112O12. The average Bonchev–Trinajstić information content (AvgIpc) is 3.41. The molecule has 0 amide bonds. The smallest absolute Gasteiger partial charge is 0.335 e. The van der Waals surface area contributed by atoms with Crippen LogP contribution >= 0.6 is 0 Å². The van der Waals surface area contributed by atoms with Crippen LogP contribution in [0.1, 0.15) is 278 Å². The predicted molar refractivity (Wildman–Crippen MR) is 312 cm³/mol. The van der Waals surface area contributed by atoms with Gasteiger partial charge in [0, 0.05) is 19.3 Å². The number of esters is 3. The number of aliphatic hydroxyl groups excluding tert-OH is 2. The fourth-order valence-corrected chi connectivity index (χ4v) is 9.30. The van der Waals surface area contributed by atoms with Crippen molar-refractivity contribution in [3.8, 4) is 0 Å². The van der Waals surface area contributed by atoms with Crippen molar-refractivity contribution in [3.63, 3.8) is 0 Å². The SMILES string of the molecule is CC/C=C\C/C=C\C/C=C\C/C=C\CCCCCCCCC(=O)OCC(COC1OC(C(=O)O)C(O)C(O)C1OC(=O)CCCCCCCCC/C=C\CCCCCCCC)OC(=O)CCCCCCCCCCCCC. The molecule has 6 unspecified atom stereocenters. The Morgan fingerprint density at radius 3 is 1.26 bits per heavy atom. The molecule has 12 nitrogen and oxygen atoms in total. The first-order valence-corrected chi connectivity index (χ1v) is 31.3. The van der Waals surface area contributed by atoms with Crippen LogP contribution in [0.4, 0.5) is 0 Å². The Hall–Kier alpha value is -3.58. The number of hydrogen-bond acceptors (Lipinski definition) is 11. The molecule has 0 aromatic heterocycles. The van der Waals surface area contributed by atoms with Crippen LogP contribution in [0.25, 0.3) is 0 Å². The van der Waals surface area contributed by atoms with E-state index in [1.807, 2.05) is 0 Å². The minimum absolute atomic E-state index is 0.0553. The first-order chi connectivity index (χ1) is 37.6. The zero-order chi connectivity index (χ0) is 56.1. The molecule has 0 spiro atoms. The van der Waals surface area contributed by atoms with Gasteiger partial charge in [-0.3, -0.25) is 14.4 Å². The van der Waals surface area contributed by atoms with Gasteiger partial charge in [0.15, 0.2) is 24.6 Å². The summed E-state index contributed by atoms with van der Waals surface area (Å²) in [4.78, 5) is 51.2. The number of hydrogen-bond donors (Lipinski definition) is 3. The normalized spacial score (nSPS) is 18.4. The fourth-order valence-electron chi connectivity index (χ4n) is 9.30. The topological polar surface area (TPSA) is 175 Å². The van der Waals surface area contributed by atoms with E-state index in [0.717, 1.165) is 116 Å². The molecule has 0 aromatic carbocycles. The largest absolute Gasteiger partial charge is 0.479 e. The maximum atomic E-state index is 13.1. The number of aliphatic hydroxyl groups is 2. The number of carboxylic acid groups (broad SMARTS) is 1. The number of carbonyl (C=O) groups excluding carboxylic acids is 3. The number of unbranched alkanes of at least 4 members (excludes halogenated alkanes) is 29. The Balaban J connectivity index is 2.64. The lowest BCUT2D eigenvalue weighted by Crippen LogP contribution is -2.61. The van der Waals surface area contributed by atoms with E-state index in [2.05, 4.69) is 81.5 Å². The van der Waals surface area contributed by atoms with E-state index in [9.17, 15) is 34.5 Å². The molecule has 3 N–H and O–H groups in total. The lowest BCUT2D eigenvalue weighted by atomic mass is 9.98. The number of ether oxygens (including phenoxy) is 5. The van der Waals surface area contributed by atoms with Gasteiger partial charge in [0.25, 0.3) is 0 Å². The highest BCUT2D eigenvalue weighted by atomic mass is 16.7. The molecule has 0 aliphatic carbocycles. The van der Waals surface area contributed by atoms with E-state index >= 15 is 0 Å². The van der Waals surface area contributed by atoms with Crippen LogP contribution in [0.5, 0.6) is 0 Å². The number of carboxylic acids is 1. The second-order valence-electron chi connectivity index (χ2n) is 21.3. The number of aliphatic carboxylic acids is 1. The van der Waals surface area contributed by atoms with Crippen molar-refractivity contribution in [2.45, 2.75) is 314 Å². The van der Waals surface area contributed by atoms with Crippen LogP contribution in [0.15, 0.2) is 60.8 Å². The van der Waals surface area contributed by atoms with Gasteiger partial charge >= 0.3 is 23.9 Å². The molecule has 0 aromatic rings. The van der Waals surface area contributed by atoms with E-state index in [4.69, 9.17) is 23.7 Å². The van der Waals surface area contributed by atoms with Crippen LogP contribution < -0.4 is 0 Å². The highest BCUT2D eigenvalue weighted by Crippen LogP contribution is 2.27. The molecule has 1 aliphatic heterocycles. The maximum Gasteiger partial charge on any atom is 0.335 e. The molecule has 0 bridgehead atoms. The molecule has 1 rings (SSSR count). The first-order valence-electron chi connectivity index (χ1n) is 31.3. The van der Waals surface area contributed by atoms with Crippen LogP contribution in [0.2, 0.25) is 0 Å². The number of allylic oxidation sites excluding steroid dienone is 10.